The molecule has 0 radical (unpaired) electrons. The Morgan fingerprint density at radius 3 is 2.47 bits per heavy atom. The molecule has 0 aliphatic carbocycles. The maximum absolute atomic E-state index is 12.1. The second-order valence-corrected chi connectivity index (χ2v) is 5.18. The lowest BCUT2D eigenvalue weighted by Gasteiger charge is -2.16. The molecule has 1 aromatic carbocycles. The molecule has 2 unspecified atom stereocenters. The van der Waals surface area contributed by atoms with Crippen LogP contribution in [-0.2, 0) is 0 Å². The van der Waals surface area contributed by atoms with E-state index in [-0.39, 0.29) is 19.0 Å². The quantitative estimate of drug-likeness (QED) is 0.811. The highest BCUT2D eigenvalue weighted by Crippen LogP contribution is 2.22. The summed E-state index contributed by atoms with van der Waals surface area (Å²) in [6.07, 6.45) is -1.69. The van der Waals surface area contributed by atoms with Gasteiger partial charge in [-0.05, 0) is 40.5 Å². The number of hydrogen-bond donors (Lipinski definition) is 2. The first kappa shape index (κ1) is 12.5. The molecule has 2 N–H and O–H groups in total. The summed E-state index contributed by atoms with van der Waals surface area (Å²) < 4.78 is 0.735. The van der Waals surface area contributed by atoms with Gasteiger partial charge in [0.25, 0.3) is 5.91 Å². The Labute approximate surface area is 108 Å². The molecule has 5 heteroatoms. The van der Waals surface area contributed by atoms with E-state index in [0.717, 1.165) is 10.0 Å². The Bertz CT molecular complexity index is 439. The summed E-state index contributed by atoms with van der Waals surface area (Å²) in [7, 11) is 0. The molecule has 1 amide bonds. The second-order valence-electron chi connectivity index (χ2n) is 4.33. The van der Waals surface area contributed by atoms with Crippen LogP contribution in [0.3, 0.4) is 0 Å². The number of aliphatic hydroxyl groups excluding tert-OH is 2. The molecule has 0 aromatic heterocycles. The van der Waals surface area contributed by atoms with Crippen molar-refractivity contribution in [1.82, 2.24) is 4.90 Å². The second kappa shape index (κ2) is 4.76. The van der Waals surface area contributed by atoms with Crippen LogP contribution >= 0.6 is 15.9 Å². The number of hydrogen-bond acceptors (Lipinski definition) is 3. The number of aryl methyl sites for hydroxylation is 1. The van der Waals surface area contributed by atoms with E-state index in [1.54, 1.807) is 6.07 Å². The van der Waals surface area contributed by atoms with Gasteiger partial charge < -0.3 is 15.1 Å². The number of benzene rings is 1. The van der Waals surface area contributed by atoms with Crippen molar-refractivity contribution in [2.24, 2.45) is 0 Å². The van der Waals surface area contributed by atoms with Crippen LogP contribution in [0.4, 0.5) is 0 Å². The zero-order chi connectivity index (χ0) is 12.6. The topological polar surface area (TPSA) is 60.8 Å². The Morgan fingerprint density at radius 1 is 1.35 bits per heavy atom. The Hall–Kier alpha value is -0.910. The van der Waals surface area contributed by atoms with Crippen LogP contribution in [-0.4, -0.2) is 46.3 Å². The fraction of sp³-hybridized carbons (Fsp3) is 0.417. The van der Waals surface area contributed by atoms with Crippen molar-refractivity contribution in [3.05, 3.63) is 33.8 Å². The lowest BCUT2D eigenvalue weighted by Crippen LogP contribution is -2.30. The SMILES string of the molecule is Cc1ccc(C(=O)N2CC(O)C(O)C2)c(Br)c1. The highest BCUT2D eigenvalue weighted by Gasteiger charge is 2.33. The molecule has 2 atom stereocenters. The van der Waals surface area contributed by atoms with Gasteiger partial charge in [0.2, 0.25) is 0 Å². The Kier molecular flexibility index (Phi) is 3.51. The predicted molar refractivity (Wildman–Crippen MR) is 66.8 cm³/mol. The molecule has 1 aliphatic heterocycles. The highest BCUT2D eigenvalue weighted by molar-refractivity contribution is 9.10. The van der Waals surface area contributed by atoms with E-state index in [9.17, 15) is 15.0 Å². The van der Waals surface area contributed by atoms with Crippen molar-refractivity contribution in [1.29, 1.82) is 0 Å². The summed E-state index contributed by atoms with van der Waals surface area (Å²) in [6, 6.07) is 5.48. The molecule has 1 fully saturated rings. The first-order valence-corrected chi connectivity index (χ1v) is 6.20. The minimum atomic E-state index is -0.844. The van der Waals surface area contributed by atoms with Crippen molar-refractivity contribution in [2.75, 3.05) is 13.1 Å². The van der Waals surface area contributed by atoms with E-state index < -0.39 is 12.2 Å². The summed E-state index contributed by atoms with van der Waals surface area (Å²) in [5, 5.41) is 18.8. The van der Waals surface area contributed by atoms with Crippen LogP contribution in [0.1, 0.15) is 15.9 Å². The minimum absolute atomic E-state index is 0.174. The number of nitrogens with zero attached hydrogens (tertiary/aromatic N) is 1. The number of amides is 1. The van der Waals surface area contributed by atoms with Crippen LogP contribution in [0.15, 0.2) is 22.7 Å². The maximum Gasteiger partial charge on any atom is 0.255 e. The van der Waals surface area contributed by atoms with Gasteiger partial charge in [-0.3, -0.25) is 4.79 Å². The largest absolute Gasteiger partial charge is 0.388 e. The third-order valence-corrected chi connectivity index (χ3v) is 3.56. The molecule has 1 heterocycles. The number of carbonyl (C=O) groups excluding carboxylic acids is 1. The lowest BCUT2D eigenvalue weighted by molar-refractivity contribution is 0.0572. The average molecular weight is 300 g/mol. The summed E-state index contributed by atoms with van der Waals surface area (Å²) in [6.45, 7) is 2.31. The van der Waals surface area contributed by atoms with Gasteiger partial charge >= 0.3 is 0 Å². The van der Waals surface area contributed by atoms with Crippen LogP contribution in [0.5, 0.6) is 0 Å². The number of likely N-dealkylation sites (tertiary alicyclic amines) is 1. The Balaban J connectivity index is 2.20. The first-order valence-electron chi connectivity index (χ1n) is 5.40. The molecule has 0 saturated carbocycles. The van der Waals surface area contributed by atoms with E-state index in [1.165, 1.54) is 4.90 Å². The predicted octanol–water partition coefficient (Wildman–Crippen LogP) is 0.935. The van der Waals surface area contributed by atoms with E-state index in [2.05, 4.69) is 15.9 Å². The minimum Gasteiger partial charge on any atom is -0.388 e. The number of aliphatic hydroxyl groups is 2. The number of β-amino-alcohol motifs (C(OH)–C–C–N with tert-alkyl or cyclic N) is 2. The summed E-state index contributed by atoms with van der Waals surface area (Å²) in [5.74, 6) is -0.174. The highest BCUT2D eigenvalue weighted by atomic mass is 79.9. The Morgan fingerprint density at radius 2 is 1.94 bits per heavy atom. The molecule has 0 spiro atoms. The zero-order valence-corrected chi connectivity index (χ0v) is 11.0. The van der Waals surface area contributed by atoms with Gasteiger partial charge in [-0.25, -0.2) is 0 Å². The van der Waals surface area contributed by atoms with Gasteiger partial charge in [0.1, 0.15) is 0 Å². The molecule has 1 aliphatic rings. The molecule has 92 valence electrons. The van der Waals surface area contributed by atoms with Crippen molar-refractivity contribution >= 4 is 21.8 Å². The van der Waals surface area contributed by atoms with Crippen molar-refractivity contribution in [3.63, 3.8) is 0 Å². The van der Waals surface area contributed by atoms with Crippen LogP contribution < -0.4 is 0 Å². The van der Waals surface area contributed by atoms with Crippen LogP contribution in [0, 0.1) is 6.92 Å². The van der Waals surface area contributed by atoms with Gasteiger partial charge in [0, 0.05) is 17.6 Å². The van der Waals surface area contributed by atoms with Gasteiger partial charge in [0.05, 0.1) is 17.8 Å². The van der Waals surface area contributed by atoms with Crippen molar-refractivity contribution < 1.29 is 15.0 Å². The number of carbonyl (C=O) groups is 1. The molecule has 17 heavy (non-hydrogen) atoms. The molecular weight excluding hydrogens is 286 g/mol. The van der Waals surface area contributed by atoms with Crippen LogP contribution in [0.2, 0.25) is 0 Å². The van der Waals surface area contributed by atoms with E-state index in [4.69, 9.17) is 0 Å². The summed E-state index contributed by atoms with van der Waals surface area (Å²) in [4.78, 5) is 13.6. The molecule has 4 nitrogen and oxygen atoms in total. The third-order valence-electron chi connectivity index (χ3n) is 2.90. The van der Waals surface area contributed by atoms with Gasteiger partial charge in [-0.1, -0.05) is 6.07 Å². The van der Waals surface area contributed by atoms with Crippen LogP contribution in [0.25, 0.3) is 0 Å². The lowest BCUT2D eigenvalue weighted by atomic mass is 10.1. The van der Waals surface area contributed by atoms with Gasteiger partial charge in [0.15, 0.2) is 0 Å². The molecule has 0 bridgehead atoms. The number of rotatable bonds is 1. The van der Waals surface area contributed by atoms with E-state index >= 15 is 0 Å². The third kappa shape index (κ3) is 2.51. The van der Waals surface area contributed by atoms with E-state index in [0.29, 0.717) is 5.56 Å². The molecule has 2 rings (SSSR count). The maximum atomic E-state index is 12.1. The summed E-state index contributed by atoms with van der Waals surface area (Å²) >= 11 is 3.35. The summed E-state index contributed by atoms with van der Waals surface area (Å²) in [5.41, 5.74) is 1.62. The fourth-order valence-electron chi connectivity index (χ4n) is 1.90. The van der Waals surface area contributed by atoms with Gasteiger partial charge in [-0.15, -0.1) is 0 Å². The van der Waals surface area contributed by atoms with Crippen molar-refractivity contribution in [3.8, 4) is 0 Å². The first-order chi connectivity index (χ1) is 7.99. The molecular formula is C12H14BrNO3. The molecule has 1 saturated heterocycles. The smallest absolute Gasteiger partial charge is 0.255 e. The fourth-order valence-corrected chi connectivity index (χ4v) is 2.56. The molecule has 1 aromatic rings. The zero-order valence-electron chi connectivity index (χ0n) is 9.43. The standard InChI is InChI=1S/C12H14BrNO3/c1-7-2-3-8(9(13)4-7)12(17)14-5-10(15)11(16)6-14/h2-4,10-11,15-16H,5-6H2,1H3. The van der Waals surface area contributed by atoms with E-state index in [1.807, 2.05) is 19.1 Å². The van der Waals surface area contributed by atoms with Crippen molar-refractivity contribution in [2.45, 2.75) is 19.1 Å². The normalized spacial score (nSPS) is 24.1. The monoisotopic (exact) mass is 299 g/mol. The van der Waals surface area contributed by atoms with Gasteiger partial charge in [-0.2, -0.15) is 0 Å². The number of halogens is 1. The average Bonchev–Trinajstić information content (AvgIpc) is 2.58.